The Morgan fingerprint density at radius 2 is 2.36 bits per heavy atom. The molecule has 10 heteroatoms. The zero-order valence-electron chi connectivity index (χ0n) is 11.6. The summed E-state index contributed by atoms with van der Waals surface area (Å²) in [6.07, 6.45) is -1.30. The van der Waals surface area contributed by atoms with Gasteiger partial charge in [-0.25, -0.2) is 9.18 Å². The predicted octanol–water partition coefficient (Wildman–Crippen LogP) is -0.620. The molecule has 2 unspecified atom stereocenters. The van der Waals surface area contributed by atoms with Gasteiger partial charge < -0.3 is 21.5 Å². The van der Waals surface area contributed by atoms with Gasteiger partial charge in [-0.2, -0.15) is 5.26 Å². The molecule has 0 aliphatic carbocycles. The molecule has 118 valence electrons. The van der Waals surface area contributed by atoms with Gasteiger partial charge in [0.1, 0.15) is 17.3 Å². The Kier molecular flexibility index (Phi) is 4.27. The molecule has 22 heavy (non-hydrogen) atoms. The topological polar surface area (TPSA) is 149 Å². The third-order valence-corrected chi connectivity index (χ3v) is 3.63. The van der Waals surface area contributed by atoms with Crippen LogP contribution in [0.1, 0.15) is 23.2 Å². The molecule has 0 bridgehead atoms. The average molecular weight is 310 g/mol. The summed E-state index contributed by atoms with van der Waals surface area (Å²) in [6.45, 7) is 0.513. The molecule has 5 N–H and O–H groups in total. The maximum atomic E-state index is 14.5. The van der Waals surface area contributed by atoms with E-state index in [4.69, 9.17) is 16.7 Å². The molecule has 0 saturated carbocycles. The van der Waals surface area contributed by atoms with Gasteiger partial charge in [-0.1, -0.05) is 0 Å². The van der Waals surface area contributed by atoms with E-state index < -0.39 is 29.6 Å². The minimum absolute atomic E-state index is 0.0411. The molecule has 0 spiro atoms. The van der Waals surface area contributed by atoms with E-state index in [-0.39, 0.29) is 24.9 Å². The number of nitrogens with zero attached hydrogens (tertiary/aromatic N) is 3. The number of alkyl halides is 1. The molecular formula is C12H15FN6O3. The van der Waals surface area contributed by atoms with Crippen LogP contribution < -0.4 is 21.5 Å². The molecule has 2 heterocycles. The van der Waals surface area contributed by atoms with Crippen LogP contribution in [0.5, 0.6) is 5.88 Å². The Hall–Kier alpha value is -2.67. The zero-order chi connectivity index (χ0) is 16.3. The highest BCUT2D eigenvalue weighted by Gasteiger charge is 2.44. The second-order valence-electron chi connectivity index (χ2n) is 4.94. The highest BCUT2D eigenvalue weighted by Crippen LogP contribution is 2.34. The molecule has 9 nitrogen and oxygen atoms in total. The number of halogens is 1. The van der Waals surface area contributed by atoms with Crippen LogP contribution in [-0.2, 0) is 5.54 Å². The van der Waals surface area contributed by atoms with Gasteiger partial charge in [-0.15, -0.1) is 5.10 Å². The summed E-state index contributed by atoms with van der Waals surface area (Å²) < 4.78 is 20.2. The Morgan fingerprint density at radius 1 is 1.64 bits per heavy atom. The number of nitriles is 1. The number of aromatic nitrogens is 2. The normalized spacial score (nSPS) is 24.5. The third-order valence-electron chi connectivity index (χ3n) is 3.63. The molecule has 1 saturated heterocycles. The fraction of sp³-hybridized carbons (Fsp3) is 0.500. The lowest BCUT2D eigenvalue weighted by molar-refractivity contribution is 0.0673. The summed E-state index contributed by atoms with van der Waals surface area (Å²) in [5.41, 5.74) is 8.62. The Balaban J connectivity index is 2.50. The van der Waals surface area contributed by atoms with Gasteiger partial charge in [-0.05, 0) is 13.0 Å². The Bertz CT molecular complexity index is 639. The number of ether oxygens (including phenoxy) is 1. The van der Waals surface area contributed by atoms with Crippen molar-refractivity contribution >= 4 is 12.0 Å². The number of hydrogen-bond donors (Lipinski definition) is 3. The lowest BCUT2D eigenvalue weighted by Gasteiger charge is -2.38. The van der Waals surface area contributed by atoms with E-state index in [2.05, 4.69) is 15.2 Å². The zero-order valence-corrected chi connectivity index (χ0v) is 11.6. The van der Waals surface area contributed by atoms with Crippen LogP contribution in [0, 0.1) is 11.3 Å². The second-order valence-corrected chi connectivity index (χ2v) is 4.94. The summed E-state index contributed by atoms with van der Waals surface area (Å²) in [7, 11) is 0. The average Bonchev–Trinajstić information content (AvgIpc) is 2.85. The van der Waals surface area contributed by atoms with Gasteiger partial charge in [-0.3, -0.25) is 9.48 Å². The van der Waals surface area contributed by atoms with Crippen molar-refractivity contribution in [2.75, 3.05) is 13.1 Å². The molecule has 1 fully saturated rings. The number of piperidine rings is 1. The fourth-order valence-corrected chi connectivity index (χ4v) is 2.48. The van der Waals surface area contributed by atoms with Crippen molar-refractivity contribution in [2.45, 2.75) is 24.6 Å². The minimum atomic E-state index is -1.41. The number of carbonyl (C=O) groups excluding carboxylic acids is 2. The summed E-state index contributed by atoms with van der Waals surface area (Å²) in [5, 5.41) is 15.8. The molecule has 2 atom stereocenters. The number of rotatable bonds is 4. The number of carbonyl (C=O) groups is 2. The first-order chi connectivity index (χ1) is 10.4. The highest BCUT2D eigenvalue weighted by atomic mass is 19.1. The summed E-state index contributed by atoms with van der Waals surface area (Å²) in [4.78, 5) is 22.3. The van der Waals surface area contributed by atoms with Crippen molar-refractivity contribution < 1.29 is 18.7 Å². The predicted molar refractivity (Wildman–Crippen MR) is 71.5 cm³/mol. The minimum Gasteiger partial charge on any atom is -0.389 e. The van der Waals surface area contributed by atoms with Crippen molar-refractivity contribution in [1.29, 1.82) is 5.26 Å². The lowest BCUT2D eigenvalue weighted by atomic mass is 9.84. The monoisotopic (exact) mass is 310 g/mol. The number of nitrogens with one attached hydrogen (secondary N) is 1. The Morgan fingerprint density at radius 3 is 2.91 bits per heavy atom. The molecular weight excluding hydrogens is 295 g/mol. The van der Waals surface area contributed by atoms with E-state index in [1.54, 1.807) is 0 Å². The van der Waals surface area contributed by atoms with E-state index >= 15 is 0 Å². The van der Waals surface area contributed by atoms with Gasteiger partial charge in [0, 0.05) is 12.7 Å². The molecule has 2 rings (SSSR count). The lowest BCUT2D eigenvalue weighted by Crippen LogP contribution is -2.53. The standard InChI is InChI=1S/C12H15FN6O3/c13-8-5-17-4-2-12(8,1-3-14)19-6-7(9(15)20)10(18-19)22-11(16)21/h6,8,17H,1-2,4-5H2,(H2,15,20)(H2,16,21). The highest BCUT2D eigenvalue weighted by molar-refractivity contribution is 5.95. The van der Waals surface area contributed by atoms with Crippen molar-refractivity contribution in [3.8, 4) is 11.9 Å². The quantitative estimate of drug-likeness (QED) is 0.674. The summed E-state index contributed by atoms with van der Waals surface area (Å²) in [5.74, 6) is -1.30. The third kappa shape index (κ3) is 2.71. The maximum Gasteiger partial charge on any atom is 0.411 e. The summed E-state index contributed by atoms with van der Waals surface area (Å²) in [6, 6.07) is 1.93. The number of hydrogen-bond acceptors (Lipinski definition) is 6. The van der Waals surface area contributed by atoms with E-state index in [0.717, 1.165) is 4.68 Å². The summed E-state index contributed by atoms with van der Waals surface area (Å²) >= 11 is 0. The number of primary amides is 2. The second kappa shape index (κ2) is 5.98. The molecule has 1 aromatic heterocycles. The molecule has 0 radical (unpaired) electrons. The van der Waals surface area contributed by atoms with Crippen LogP contribution in [0.25, 0.3) is 0 Å². The van der Waals surface area contributed by atoms with Gasteiger partial charge in [0.05, 0.1) is 12.5 Å². The van der Waals surface area contributed by atoms with Crippen molar-refractivity contribution in [3.05, 3.63) is 11.8 Å². The van der Waals surface area contributed by atoms with E-state index in [0.29, 0.717) is 6.54 Å². The van der Waals surface area contributed by atoms with Gasteiger partial charge >= 0.3 is 6.09 Å². The Labute approximate surface area is 125 Å². The first kappa shape index (κ1) is 15.7. The van der Waals surface area contributed by atoms with Crippen LogP contribution in [-0.4, -0.2) is 41.0 Å². The molecule has 2 amide bonds. The molecule has 1 aromatic rings. The van der Waals surface area contributed by atoms with Crippen molar-refractivity contribution in [1.82, 2.24) is 15.1 Å². The van der Waals surface area contributed by atoms with E-state index in [1.165, 1.54) is 6.20 Å². The largest absolute Gasteiger partial charge is 0.411 e. The number of nitrogens with two attached hydrogens (primary N) is 2. The number of amides is 2. The van der Waals surface area contributed by atoms with Crippen LogP contribution in [0.15, 0.2) is 6.20 Å². The van der Waals surface area contributed by atoms with E-state index in [9.17, 15) is 14.0 Å². The molecule has 1 aliphatic rings. The fourth-order valence-electron chi connectivity index (χ4n) is 2.48. The van der Waals surface area contributed by atoms with Crippen LogP contribution in [0.2, 0.25) is 0 Å². The van der Waals surface area contributed by atoms with E-state index in [1.807, 2.05) is 6.07 Å². The SMILES string of the molecule is N#CCC1(n2cc(C(N)=O)c(OC(N)=O)n2)CCNCC1F. The van der Waals surface area contributed by atoms with Gasteiger partial charge in [0.2, 0.25) is 0 Å². The van der Waals surface area contributed by atoms with Crippen molar-refractivity contribution in [3.63, 3.8) is 0 Å². The first-order valence-electron chi connectivity index (χ1n) is 6.49. The van der Waals surface area contributed by atoms with Crippen LogP contribution >= 0.6 is 0 Å². The molecule has 0 aromatic carbocycles. The van der Waals surface area contributed by atoms with Crippen LogP contribution in [0.4, 0.5) is 9.18 Å². The smallest absolute Gasteiger partial charge is 0.389 e. The first-order valence-corrected chi connectivity index (χ1v) is 6.49. The van der Waals surface area contributed by atoms with Crippen molar-refractivity contribution in [2.24, 2.45) is 11.5 Å². The maximum absolute atomic E-state index is 14.5. The van der Waals surface area contributed by atoms with Gasteiger partial charge in [0.25, 0.3) is 11.8 Å². The van der Waals surface area contributed by atoms with Gasteiger partial charge in [0.15, 0.2) is 0 Å². The molecule has 1 aliphatic heterocycles. The van der Waals surface area contributed by atoms with Crippen LogP contribution in [0.3, 0.4) is 0 Å².